The van der Waals surface area contributed by atoms with E-state index < -0.39 is 0 Å². The molecular formula is C12H14Br2N4. The number of hydrogen-bond donors (Lipinski definition) is 2. The SMILES string of the molecule is CCn1nc(C)c(N)c1Nc1cc(Br)ccc1Br. The summed E-state index contributed by atoms with van der Waals surface area (Å²) < 4.78 is 3.84. The van der Waals surface area contributed by atoms with Gasteiger partial charge in [-0.2, -0.15) is 5.10 Å². The highest BCUT2D eigenvalue weighted by Crippen LogP contribution is 2.32. The highest BCUT2D eigenvalue weighted by atomic mass is 79.9. The molecule has 0 fully saturated rings. The van der Waals surface area contributed by atoms with Crippen LogP contribution in [0.25, 0.3) is 0 Å². The molecule has 0 spiro atoms. The van der Waals surface area contributed by atoms with Crippen molar-refractivity contribution in [3.63, 3.8) is 0 Å². The zero-order valence-corrected chi connectivity index (χ0v) is 13.3. The Morgan fingerprint density at radius 1 is 1.39 bits per heavy atom. The first-order chi connectivity index (χ1) is 8.52. The normalized spacial score (nSPS) is 10.7. The summed E-state index contributed by atoms with van der Waals surface area (Å²) in [7, 11) is 0. The Hall–Kier alpha value is -1.01. The lowest BCUT2D eigenvalue weighted by Crippen LogP contribution is -2.04. The molecule has 0 saturated carbocycles. The molecule has 0 bridgehead atoms. The fourth-order valence-electron chi connectivity index (χ4n) is 1.68. The average Bonchev–Trinajstić information content (AvgIpc) is 2.61. The van der Waals surface area contributed by atoms with Crippen LogP contribution in [0.1, 0.15) is 12.6 Å². The number of nitrogens with one attached hydrogen (secondary N) is 1. The standard InChI is InChI=1S/C12H14Br2N4/c1-3-18-12(11(15)7(2)17-18)16-10-6-8(13)4-5-9(10)14/h4-6,16H,3,15H2,1-2H3. The molecule has 96 valence electrons. The second kappa shape index (κ2) is 5.32. The van der Waals surface area contributed by atoms with Crippen LogP contribution in [0.5, 0.6) is 0 Å². The number of nitrogens with two attached hydrogens (primary N) is 1. The number of rotatable bonds is 3. The molecule has 1 aromatic carbocycles. The van der Waals surface area contributed by atoms with E-state index in [1.165, 1.54) is 0 Å². The Labute approximate surface area is 123 Å². The van der Waals surface area contributed by atoms with E-state index in [9.17, 15) is 0 Å². The molecule has 0 atom stereocenters. The summed E-state index contributed by atoms with van der Waals surface area (Å²) in [4.78, 5) is 0. The Morgan fingerprint density at radius 2 is 2.11 bits per heavy atom. The van der Waals surface area contributed by atoms with Crippen molar-refractivity contribution >= 4 is 49.1 Å². The Kier molecular flexibility index (Phi) is 3.97. The molecule has 0 aliphatic heterocycles. The van der Waals surface area contributed by atoms with Crippen LogP contribution in [0.4, 0.5) is 17.2 Å². The van der Waals surface area contributed by atoms with Crippen molar-refractivity contribution < 1.29 is 0 Å². The number of halogens is 2. The van der Waals surface area contributed by atoms with Gasteiger partial charge in [-0.25, -0.2) is 4.68 Å². The molecule has 0 amide bonds. The molecule has 0 aliphatic rings. The van der Waals surface area contributed by atoms with Crippen LogP contribution in [-0.4, -0.2) is 9.78 Å². The number of hydrogen-bond acceptors (Lipinski definition) is 3. The van der Waals surface area contributed by atoms with E-state index in [1.807, 2.05) is 36.7 Å². The highest BCUT2D eigenvalue weighted by molar-refractivity contribution is 9.11. The summed E-state index contributed by atoms with van der Waals surface area (Å²) in [5, 5.41) is 7.70. The molecule has 0 saturated heterocycles. The maximum Gasteiger partial charge on any atom is 0.152 e. The van der Waals surface area contributed by atoms with Crippen molar-refractivity contribution in [1.82, 2.24) is 9.78 Å². The molecule has 18 heavy (non-hydrogen) atoms. The van der Waals surface area contributed by atoms with Crippen molar-refractivity contribution in [2.75, 3.05) is 11.1 Å². The largest absolute Gasteiger partial charge is 0.394 e. The summed E-state index contributed by atoms with van der Waals surface area (Å²) in [5.74, 6) is 0.828. The maximum atomic E-state index is 6.04. The molecule has 2 aromatic rings. The molecular weight excluding hydrogens is 360 g/mol. The predicted molar refractivity (Wildman–Crippen MR) is 82.2 cm³/mol. The lowest BCUT2D eigenvalue weighted by atomic mass is 10.3. The number of benzene rings is 1. The summed E-state index contributed by atoms with van der Waals surface area (Å²) in [6.07, 6.45) is 0. The van der Waals surface area contributed by atoms with Crippen molar-refractivity contribution in [3.8, 4) is 0 Å². The van der Waals surface area contributed by atoms with Gasteiger partial charge in [-0.15, -0.1) is 0 Å². The summed E-state index contributed by atoms with van der Waals surface area (Å²) in [5.41, 5.74) is 8.51. The van der Waals surface area contributed by atoms with Gasteiger partial charge in [-0.05, 0) is 48.0 Å². The molecule has 4 nitrogen and oxygen atoms in total. The van der Waals surface area contributed by atoms with Gasteiger partial charge in [-0.1, -0.05) is 15.9 Å². The second-order valence-corrected chi connectivity index (χ2v) is 5.68. The monoisotopic (exact) mass is 372 g/mol. The summed E-state index contributed by atoms with van der Waals surface area (Å²) >= 11 is 6.97. The first-order valence-electron chi connectivity index (χ1n) is 5.58. The third-order valence-electron chi connectivity index (χ3n) is 2.65. The first-order valence-corrected chi connectivity index (χ1v) is 7.16. The van der Waals surface area contributed by atoms with Crippen LogP contribution in [0.3, 0.4) is 0 Å². The second-order valence-electron chi connectivity index (χ2n) is 3.91. The third kappa shape index (κ3) is 2.54. The molecule has 1 heterocycles. The van der Waals surface area contributed by atoms with Crippen molar-refractivity contribution in [2.45, 2.75) is 20.4 Å². The number of anilines is 3. The van der Waals surface area contributed by atoms with Gasteiger partial charge in [0.25, 0.3) is 0 Å². The summed E-state index contributed by atoms with van der Waals surface area (Å²) in [6, 6.07) is 5.94. The molecule has 2 rings (SSSR count). The Balaban J connectivity index is 2.42. The zero-order valence-electron chi connectivity index (χ0n) is 10.2. The van der Waals surface area contributed by atoms with E-state index in [1.54, 1.807) is 0 Å². The van der Waals surface area contributed by atoms with Crippen LogP contribution < -0.4 is 11.1 Å². The van der Waals surface area contributed by atoms with E-state index in [0.717, 1.165) is 32.7 Å². The van der Waals surface area contributed by atoms with Crippen LogP contribution in [0.2, 0.25) is 0 Å². The molecule has 3 N–H and O–H groups in total. The number of aromatic nitrogens is 2. The summed E-state index contributed by atoms with van der Waals surface area (Å²) in [6.45, 7) is 4.71. The van der Waals surface area contributed by atoms with Gasteiger partial charge in [-0.3, -0.25) is 0 Å². The predicted octanol–water partition coefficient (Wildman–Crippen LogP) is 4.06. The minimum Gasteiger partial charge on any atom is -0.394 e. The Bertz CT molecular complexity index is 578. The average molecular weight is 374 g/mol. The van der Waals surface area contributed by atoms with Crippen LogP contribution in [0.15, 0.2) is 27.1 Å². The molecule has 6 heteroatoms. The fraction of sp³-hybridized carbons (Fsp3) is 0.250. The maximum absolute atomic E-state index is 6.04. The fourth-order valence-corrected chi connectivity index (χ4v) is 2.38. The highest BCUT2D eigenvalue weighted by Gasteiger charge is 2.12. The molecule has 0 unspecified atom stereocenters. The molecule has 0 aliphatic carbocycles. The van der Waals surface area contributed by atoms with E-state index >= 15 is 0 Å². The number of nitrogen functional groups attached to an aromatic ring is 1. The smallest absolute Gasteiger partial charge is 0.152 e. The Morgan fingerprint density at radius 3 is 2.78 bits per heavy atom. The van der Waals surface area contributed by atoms with Gasteiger partial charge < -0.3 is 11.1 Å². The topological polar surface area (TPSA) is 55.9 Å². The van der Waals surface area contributed by atoms with Crippen LogP contribution >= 0.6 is 31.9 Å². The van der Waals surface area contributed by atoms with Crippen molar-refractivity contribution in [3.05, 3.63) is 32.8 Å². The lowest BCUT2D eigenvalue weighted by molar-refractivity contribution is 0.661. The lowest BCUT2D eigenvalue weighted by Gasteiger charge is -2.11. The van der Waals surface area contributed by atoms with Gasteiger partial charge in [0, 0.05) is 15.5 Å². The van der Waals surface area contributed by atoms with E-state index in [-0.39, 0.29) is 0 Å². The van der Waals surface area contributed by atoms with E-state index in [0.29, 0.717) is 5.69 Å². The molecule has 0 radical (unpaired) electrons. The minimum atomic E-state index is 0.684. The van der Waals surface area contributed by atoms with Gasteiger partial charge in [0.1, 0.15) is 0 Å². The van der Waals surface area contributed by atoms with Crippen LogP contribution in [-0.2, 0) is 6.54 Å². The van der Waals surface area contributed by atoms with Gasteiger partial charge in [0.2, 0.25) is 0 Å². The number of aryl methyl sites for hydroxylation is 2. The van der Waals surface area contributed by atoms with Gasteiger partial charge in [0.05, 0.1) is 17.1 Å². The third-order valence-corrected chi connectivity index (χ3v) is 3.84. The van der Waals surface area contributed by atoms with Gasteiger partial charge >= 0.3 is 0 Å². The first kappa shape index (κ1) is 13.4. The van der Waals surface area contributed by atoms with Crippen LogP contribution in [0, 0.1) is 6.92 Å². The van der Waals surface area contributed by atoms with Crippen molar-refractivity contribution in [1.29, 1.82) is 0 Å². The minimum absolute atomic E-state index is 0.684. The number of nitrogens with zero attached hydrogens (tertiary/aromatic N) is 2. The van der Waals surface area contributed by atoms with E-state index in [4.69, 9.17) is 5.73 Å². The molecule has 1 aromatic heterocycles. The van der Waals surface area contributed by atoms with Gasteiger partial charge in [0.15, 0.2) is 5.82 Å². The van der Waals surface area contributed by atoms with Crippen molar-refractivity contribution in [2.24, 2.45) is 0 Å². The zero-order chi connectivity index (χ0) is 13.3. The quantitative estimate of drug-likeness (QED) is 0.852. The van der Waals surface area contributed by atoms with E-state index in [2.05, 4.69) is 42.3 Å².